The second kappa shape index (κ2) is 7.36. The maximum atomic E-state index is 11.8. The molecular formula is C13H25N3O2. The van der Waals surface area contributed by atoms with Gasteiger partial charge in [-0.05, 0) is 33.2 Å². The van der Waals surface area contributed by atoms with Crippen LogP contribution in [0.5, 0.6) is 0 Å². The Morgan fingerprint density at radius 2 is 1.78 bits per heavy atom. The van der Waals surface area contributed by atoms with E-state index in [1.54, 1.807) is 9.80 Å². The van der Waals surface area contributed by atoms with E-state index < -0.39 is 0 Å². The quantitative estimate of drug-likeness (QED) is 0.719. The molecule has 1 fully saturated rings. The topological polar surface area (TPSA) is 52.7 Å². The Balaban J connectivity index is 2.35. The minimum Gasteiger partial charge on any atom is -0.332 e. The first-order valence-electron chi connectivity index (χ1n) is 6.85. The molecule has 0 spiro atoms. The summed E-state index contributed by atoms with van der Waals surface area (Å²) in [6.45, 7) is 5.87. The molecule has 5 heteroatoms. The van der Waals surface area contributed by atoms with Crippen molar-refractivity contribution >= 4 is 11.8 Å². The summed E-state index contributed by atoms with van der Waals surface area (Å²) < 4.78 is 0. The van der Waals surface area contributed by atoms with E-state index in [0.717, 1.165) is 19.3 Å². The highest BCUT2D eigenvalue weighted by Gasteiger charge is 2.28. The van der Waals surface area contributed by atoms with Gasteiger partial charge in [0.15, 0.2) is 0 Å². The zero-order chi connectivity index (χ0) is 13.5. The van der Waals surface area contributed by atoms with E-state index in [1.807, 2.05) is 14.0 Å². The maximum absolute atomic E-state index is 11.8. The van der Waals surface area contributed by atoms with Crippen LogP contribution in [0.2, 0.25) is 0 Å². The SMILES string of the molecule is CCC(CCCN1CC(=O)N(CC)CC1=O)NC. The van der Waals surface area contributed by atoms with E-state index in [9.17, 15) is 9.59 Å². The maximum Gasteiger partial charge on any atom is 0.242 e. The van der Waals surface area contributed by atoms with Gasteiger partial charge >= 0.3 is 0 Å². The fourth-order valence-electron chi connectivity index (χ4n) is 2.28. The number of piperazine rings is 1. The highest BCUT2D eigenvalue weighted by Crippen LogP contribution is 2.08. The lowest BCUT2D eigenvalue weighted by Gasteiger charge is -2.33. The predicted molar refractivity (Wildman–Crippen MR) is 71.2 cm³/mol. The number of amides is 2. The van der Waals surface area contributed by atoms with Crippen molar-refractivity contribution in [1.82, 2.24) is 15.1 Å². The Kier molecular flexibility index (Phi) is 6.12. The lowest BCUT2D eigenvalue weighted by molar-refractivity contribution is -0.149. The first-order valence-corrected chi connectivity index (χ1v) is 6.85. The molecule has 0 bridgehead atoms. The highest BCUT2D eigenvalue weighted by molar-refractivity contribution is 5.92. The molecule has 1 aliphatic rings. The molecule has 1 N–H and O–H groups in total. The summed E-state index contributed by atoms with van der Waals surface area (Å²) in [5, 5.41) is 3.25. The number of nitrogens with one attached hydrogen (secondary N) is 1. The van der Waals surface area contributed by atoms with Gasteiger partial charge in [-0.15, -0.1) is 0 Å². The first-order chi connectivity index (χ1) is 8.62. The Morgan fingerprint density at radius 1 is 1.17 bits per heavy atom. The summed E-state index contributed by atoms with van der Waals surface area (Å²) in [7, 11) is 1.96. The molecule has 1 unspecified atom stereocenters. The van der Waals surface area contributed by atoms with Crippen molar-refractivity contribution in [2.45, 2.75) is 39.2 Å². The molecule has 0 aliphatic carbocycles. The van der Waals surface area contributed by atoms with Crippen molar-refractivity contribution in [3.05, 3.63) is 0 Å². The largest absolute Gasteiger partial charge is 0.332 e. The van der Waals surface area contributed by atoms with E-state index in [2.05, 4.69) is 12.2 Å². The second-order valence-corrected chi connectivity index (χ2v) is 4.76. The summed E-state index contributed by atoms with van der Waals surface area (Å²) in [4.78, 5) is 26.9. The molecule has 1 aliphatic heterocycles. The van der Waals surface area contributed by atoms with Crippen LogP contribution in [0.25, 0.3) is 0 Å². The van der Waals surface area contributed by atoms with Crippen molar-refractivity contribution in [3.8, 4) is 0 Å². The molecule has 0 radical (unpaired) electrons. The van der Waals surface area contributed by atoms with Gasteiger partial charge in [0.1, 0.15) is 0 Å². The minimum absolute atomic E-state index is 0.0674. The lowest BCUT2D eigenvalue weighted by atomic mass is 10.1. The Bertz CT molecular complexity index is 290. The molecule has 2 amide bonds. The fourth-order valence-corrected chi connectivity index (χ4v) is 2.28. The molecule has 5 nitrogen and oxygen atoms in total. The van der Waals surface area contributed by atoms with E-state index in [1.165, 1.54) is 0 Å². The fraction of sp³-hybridized carbons (Fsp3) is 0.846. The van der Waals surface area contributed by atoms with Gasteiger partial charge in [-0.3, -0.25) is 9.59 Å². The molecule has 104 valence electrons. The standard InChI is InChI=1S/C13H25N3O2/c1-4-11(14-3)7-6-8-16-10-12(17)15(5-2)9-13(16)18/h11,14H,4-10H2,1-3H3. The zero-order valence-electron chi connectivity index (χ0n) is 11.7. The third-order valence-corrected chi connectivity index (χ3v) is 3.62. The molecule has 1 atom stereocenters. The van der Waals surface area contributed by atoms with Crippen molar-refractivity contribution in [2.75, 3.05) is 33.2 Å². The highest BCUT2D eigenvalue weighted by atomic mass is 16.2. The number of nitrogens with zero attached hydrogens (tertiary/aromatic N) is 2. The third kappa shape index (κ3) is 3.98. The summed E-state index contributed by atoms with van der Waals surface area (Å²) in [5.74, 6) is 0.145. The molecule has 0 aromatic rings. The molecule has 18 heavy (non-hydrogen) atoms. The van der Waals surface area contributed by atoms with Crippen molar-refractivity contribution < 1.29 is 9.59 Å². The van der Waals surface area contributed by atoms with E-state index >= 15 is 0 Å². The van der Waals surface area contributed by atoms with Gasteiger partial charge in [0, 0.05) is 19.1 Å². The van der Waals surface area contributed by atoms with Crippen molar-refractivity contribution in [1.29, 1.82) is 0 Å². The van der Waals surface area contributed by atoms with Crippen LogP contribution < -0.4 is 5.32 Å². The molecule has 0 aromatic carbocycles. The van der Waals surface area contributed by atoms with Gasteiger partial charge in [-0.25, -0.2) is 0 Å². The number of carbonyl (C=O) groups excluding carboxylic acids is 2. The molecule has 1 rings (SSSR count). The van der Waals surface area contributed by atoms with Crippen molar-refractivity contribution in [3.63, 3.8) is 0 Å². The number of hydrogen-bond donors (Lipinski definition) is 1. The number of carbonyl (C=O) groups is 2. The third-order valence-electron chi connectivity index (χ3n) is 3.62. The summed E-state index contributed by atoms with van der Waals surface area (Å²) in [6, 6.07) is 0.507. The normalized spacial score (nSPS) is 18.4. The molecular weight excluding hydrogens is 230 g/mol. The summed E-state index contributed by atoms with van der Waals surface area (Å²) >= 11 is 0. The average Bonchev–Trinajstić information content (AvgIpc) is 2.38. The average molecular weight is 255 g/mol. The van der Waals surface area contributed by atoms with E-state index in [0.29, 0.717) is 19.1 Å². The van der Waals surface area contributed by atoms with Crippen LogP contribution in [-0.4, -0.2) is 60.9 Å². The molecule has 1 heterocycles. The van der Waals surface area contributed by atoms with Gasteiger partial charge in [-0.1, -0.05) is 6.92 Å². The summed E-state index contributed by atoms with van der Waals surface area (Å²) in [6.07, 6.45) is 3.08. The van der Waals surface area contributed by atoms with Crippen LogP contribution in [0, 0.1) is 0 Å². The van der Waals surface area contributed by atoms with Crippen molar-refractivity contribution in [2.24, 2.45) is 0 Å². The van der Waals surface area contributed by atoms with Crippen LogP contribution >= 0.6 is 0 Å². The first kappa shape index (κ1) is 15.0. The Morgan fingerprint density at radius 3 is 2.33 bits per heavy atom. The van der Waals surface area contributed by atoms with Crippen LogP contribution in [0.15, 0.2) is 0 Å². The van der Waals surface area contributed by atoms with E-state index in [-0.39, 0.29) is 24.9 Å². The summed E-state index contributed by atoms with van der Waals surface area (Å²) in [5.41, 5.74) is 0. The van der Waals surface area contributed by atoms with E-state index in [4.69, 9.17) is 0 Å². The Labute approximate surface area is 110 Å². The zero-order valence-corrected chi connectivity index (χ0v) is 11.7. The number of hydrogen-bond acceptors (Lipinski definition) is 3. The van der Waals surface area contributed by atoms with Crippen LogP contribution in [0.3, 0.4) is 0 Å². The lowest BCUT2D eigenvalue weighted by Crippen LogP contribution is -2.53. The van der Waals surface area contributed by atoms with Gasteiger partial charge in [-0.2, -0.15) is 0 Å². The minimum atomic E-state index is 0.0674. The predicted octanol–water partition coefficient (Wildman–Crippen LogP) is 0.455. The smallest absolute Gasteiger partial charge is 0.242 e. The van der Waals surface area contributed by atoms with Gasteiger partial charge in [0.25, 0.3) is 0 Å². The monoisotopic (exact) mass is 255 g/mol. The van der Waals surface area contributed by atoms with Crippen LogP contribution in [-0.2, 0) is 9.59 Å². The van der Waals surface area contributed by atoms with Gasteiger partial charge in [0.2, 0.25) is 11.8 Å². The second-order valence-electron chi connectivity index (χ2n) is 4.76. The van der Waals surface area contributed by atoms with Gasteiger partial charge in [0.05, 0.1) is 13.1 Å². The number of likely N-dealkylation sites (N-methyl/N-ethyl adjacent to an activating group) is 1. The molecule has 0 saturated carbocycles. The van der Waals surface area contributed by atoms with Crippen LogP contribution in [0.1, 0.15) is 33.1 Å². The molecule has 0 aromatic heterocycles. The van der Waals surface area contributed by atoms with Gasteiger partial charge < -0.3 is 15.1 Å². The van der Waals surface area contributed by atoms with Crippen LogP contribution in [0.4, 0.5) is 0 Å². The molecule has 1 saturated heterocycles. The number of rotatable bonds is 7. The Hall–Kier alpha value is -1.10.